The fraction of sp³-hybridized carbons (Fsp3) is 0.500. The maximum Gasteiger partial charge on any atom is 0.231 e. The molecule has 1 atom stereocenters. The van der Waals surface area contributed by atoms with Gasteiger partial charge in [-0.05, 0) is 30.5 Å². The maximum absolute atomic E-state index is 11.9. The molecule has 0 aromatic heterocycles. The number of methoxy groups -OCH3 is 1. The molecule has 1 aromatic rings. The zero-order valence-electron chi connectivity index (χ0n) is 13.0. The number of nitrogens with one attached hydrogen (secondary N) is 1. The smallest absolute Gasteiger partial charge is 0.231 e. The first-order valence-electron chi connectivity index (χ1n) is 6.84. The highest BCUT2D eigenvalue weighted by molar-refractivity contribution is 7.99. The lowest BCUT2D eigenvalue weighted by Crippen LogP contribution is -2.49. The Morgan fingerprint density at radius 1 is 1.52 bits per heavy atom. The number of hydrogen-bond acceptors (Lipinski definition) is 4. The molecule has 0 saturated heterocycles. The molecule has 0 aliphatic heterocycles. The predicted octanol–water partition coefficient (Wildman–Crippen LogP) is 2.98. The van der Waals surface area contributed by atoms with Gasteiger partial charge in [-0.15, -0.1) is 11.8 Å². The fourth-order valence-electron chi connectivity index (χ4n) is 1.65. The molecule has 0 heterocycles. The molecule has 1 unspecified atom stereocenters. The molecule has 1 amide bonds. The van der Waals surface area contributed by atoms with Crippen molar-refractivity contribution in [3.63, 3.8) is 0 Å². The molecule has 114 valence electrons. The van der Waals surface area contributed by atoms with E-state index in [2.05, 4.69) is 11.4 Å². The lowest BCUT2D eigenvalue weighted by molar-refractivity contribution is -0.120. The second-order valence-corrected chi connectivity index (χ2v) is 6.35. The third-order valence-electron chi connectivity index (χ3n) is 3.42. The molecular formula is C16H22N2O2S. The summed E-state index contributed by atoms with van der Waals surface area (Å²) in [5.74, 6) is 1.83. The Kier molecular flexibility index (Phi) is 6.57. The van der Waals surface area contributed by atoms with E-state index in [9.17, 15) is 10.1 Å². The Hall–Kier alpha value is -1.67. The number of hydrogen-bond donors (Lipinski definition) is 1. The van der Waals surface area contributed by atoms with Gasteiger partial charge in [0.1, 0.15) is 11.3 Å². The SMILES string of the molecule is COc1cccc(CSCC(=O)NC(C)(C#N)C(C)C)c1. The van der Waals surface area contributed by atoms with Crippen molar-refractivity contribution in [1.29, 1.82) is 5.26 Å². The largest absolute Gasteiger partial charge is 0.497 e. The van der Waals surface area contributed by atoms with Gasteiger partial charge in [0.15, 0.2) is 0 Å². The highest BCUT2D eigenvalue weighted by Gasteiger charge is 2.29. The minimum absolute atomic E-state index is 0.0647. The van der Waals surface area contributed by atoms with Gasteiger partial charge in [-0.1, -0.05) is 26.0 Å². The van der Waals surface area contributed by atoms with Gasteiger partial charge >= 0.3 is 0 Å². The predicted molar refractivity (Wildman–Crippen MR) is 86.2 cm³/mol. The van der Waals surface area contributed by atoms with Crippen LogP contribution in [0.25, 0.3) is 0 Å². The highest BCUT2D eigenvalue weighted by atomic mass is 32.2. The summed E-state index contributed by atoms with van der Waals surface area (Å²) in [5.41, 5.74) is 0.298. The number of amides is 1. The molecule has 0 bridgehead atoms. The highest BCUT2D eigenvalue weighted by Crippen LogP contribution is 2.19. The van der Waals surface area contributed by atoms with Crippen LogP contribution in [0.2, 0.25) is 0 Å². The first kappa shape index (κ1) is 17.4. The van der Waals surface area contributed by atoms with E-state index in [1.54, 1.807) is 14.0 Å². The van der Waals surface area contributed by atoms with Gasteiger partial charge in [0.25, 0.3) is 0 Å². The number of thioether (sulfide) groups is 1. The summed E-state index contributed by atoms with van der Waals surface area (Å²) in [6.45, 7) is 5.60. The number of nitrogens with zero attached hydrogens (tertiary/aromatic N) is 1. The van der Waals surface area contributed by atoms with Crippen LogP contribution in [0.5, 0.6) is 5.75 Å². The fourth-order valence-corrected chi connectivity index (χ4v) is 2.43. The van der Waals surface area contributed by atoms with Crippen LogP contribution in [0.3, 0.4) is 0 Å². The summed E-state index contributed by atoms with van der Waals surface area (Å²) in [6, 6.07) is 9.95. The van der Waals surface area contributed by atoms with Crippen molar-refractivity contribution < 1.29 is 9.53 Å². The molecule has 0 spiro atoms. The van der Waals surface area contributed by atoms with Crippen LogP contribution >= 0.6 is 11.8 Å². The monoisotopic (exact) mass is 306 g/mol. The first-order chi connectivity index (χ1) is 9.91. The van der Waals surface area contributed by atoms with Crippen molar-refractivity contribution in [2.45, 2.75) is 32.1 Å². The van der Waals surface area contributed by atoms with Gasteiger partial charge in [-0.3, -0.25) is 4.79 Å². The number of benzene rings is 1. The molecule has 4 nitrogen and oxygen atoms in total. The van der Waals surface area contributed by atoms with Crippen LogP contribution in [-0.2, 0) is 10.5 Å². The van der Waals surface area contributed by atoms with Crippen molar-refractivity contribution in [2.24, 2.45) is 5.92 Å². The van der Waals surface area contributed by atoms with Crippen LogP contribution in [-0.4, -0.2) is 24.3 Å². The summed E-state index contributed by atoms with van der Waals surface area (Å²) in [4.78, 5) is 11.9. The van der Waals surface area contributed by atoms with E-state index in [1.807, 2.05) is 38.1 Å². The Bertz CT molecular complexity index is 525. The third-order valence-corrected chi connectivity index (χ3v) is 4.43. The van der Waals surface area contributed by atoms with Gasteiger partial charge in [-0.2, -0.15) is 5.26 Å². The van der Waals surface area contributed by atoms with Gasteiger partial charge in [0.05, 0.1) is 18.9 Å². The third kappa shape index (κ3) is 5.31. The minimum Gasteiger partial charge on any atom is -0.497 e. The number of carbonyl (C=O) groups is 1. The van der Waals surface area contributed by atoms with Crippen LogP contribution < -0.4 is 10.1 Å². The molecular weight excluding hydrogens is 284 g/mol. The molecule has 0 radical (unpaired) electrons. The summed E-state index contributed by atoms with van der Waals surface area (Å²) < 4.78 is 5.16. The van der Waals surface area contributed by atoms with E-state index in [1.165, 1.54) is 11.8 Å². The number of nitriles is 1. The van der Waals surface area contributed by atoms with Crippen LogP contribution in [0.4, 0.5) is 0 Å². The second kappa shape index (κ2) is 7.94. The Labute approximate surface area is 130 Å². The van der Waals surface area contributed by atoms with Crippen molar-refractivity contribution >= 4 is 17.7 Å². The summed E-state index contributed by atoms with van der Waals surface area (Å²) >= 11 is 1.52. The quantitative estimate of drug-likeness (QED) is 0.841. The topological polar surface area (TPSA) is 62.1 Å². The maximum atomic E-state index is 11.9. The standard InChI is InChI=1S/C16H22N2O2S/c1-12(2)16(3,11-17)18-15(19)10-21-9-13-6-5-7-14(8-13)20-4/h5-8,12H,9-10H2,1-4H3,(H,18,19). The number of carbonyl (C=O) groups excluding carboxylic acids is 1. The van der Waals surface area contributed by atoms with Gasteiger partial charge in [0.2, 0.25) is 5.91 Å². The molecule has 0 aliphatic rings. The van der Waals surface area contributed by atoms with Gasteiger partial charge < -0.3 is 10.1 Å². The van der Waals surface area contributed by atoms with Crippen LogP contribution in [0, 0.1) is 17.2 Å². The molecule has 5 heteroatoms. The Morgan fingerprint density at radius 3 is 2.81 bits per heavy atom. The van der Waals surface area contributed by atoms with E-state index in [4.69, 9.17) is 4.74 Å². The summed E-state index contributed by atoms with van der Waals surface area (Å²) in [7, 11) is 1.63. The lowest BCUT2D eigenvalue weighted by Gasteiger charge is -2.27. The molecule has 1 aromatic carbocycles. The van der Waals surface area contributed by atoms with Crippen LogP contribution in [0.1, 0.15) is 26.3 Å². The van der Waals surface area contributed by atoms with E-state index in [0.717, 1.165) is 17.1 Å². The molecule has 0 saturated carbocycles. The number of ether oxygens (including phenoxy) is 1. The average Bonchev–Trinajstić information content (AvgIpc) is 2.47. The molecule has 1 rings (SSSR count). The Balaban J connectivity index is 2.45. The zero-order valence-corrected chi connectivity index (χ0v) is 13.8. The molecule has 1 N–H and O–H groups in total. The minimum atomic E-state index is -0.812. The van der Waals surface area contributed by atoms with E-state index in [0.29, 0.717) is 5.75 Å². The van der Waals surface area contributed by atoms with Crippen molar-refractivity contribution in [3.05, 3.63) is 29.8 Å². The average molecular weight is 306 g/mol. The normalized spacial score (nSPS) is 13.3. The summed E-state index contributed by atoms with van der Waals surface area (Å²) in [5, 5.41) is 12.0. The first-order valence-corrected chi connectivity index (χ1v) is 7.99. The lowest BCUT2D eigenvalue weighted by atomic mass is 9.90. The van der Waals surface area contributed by atoms with E-state index < -0.39 is 5.54 Å². The van der Waals surface area contributed by atoms with Crippen molar-refractivity contribution in [2.75, 3.05) is 12.9 Å². The second-order valence-electron chi connectivity index (χ2n) is 5.36. The molecule has 21 heavy (non-hydrogen) atoms. The van der Waals surface area contributed by atoms with Crippen LogP contribution in [0.15, 0.2) is 24.3 Å². The van der Waals surface area contributed by atoms with Crippen molar-refractivity contribution in [1.82, 2.24) is 5.32 Å². The summed E-state index contributed by atoms with van der Waals surface area (Å²) in [6.07, 6.45) is 0. The van der Waals surface area contributed by atoms with E-state index in [-0.39, 0.29) is 11.8 Å². The Morgan fingerprint density at radius 2 is 2.24 bits per heavy atom. The zero-order chi connectivity index (χ0) is 15.9. The van der Waals surface area contributed by atoms with Gasteiger partial charge in [-0.25, -0.2) is 0 Å². The van der Waals surface area contributed by atoms with Crippen molar-refractivity contribution in [3.8, 4) is 11.8 Å². The van der Waals surface area contributed by atoms with Gasteiger partial charge in [0, 0.05) is 5.75 Å². The van der Waals surface area contributed by atoms with E-state index >= 15 is 0 Å². The molecule has 0 aliphatic carbocycles. The number of rotatable bonds is 7. The molecule has 0 fully saturated rings.